The molecule has 1 heterocycles. The van der Waals surface area contributed by atoms with E-state index in [1.165, 1.54) is 12.1 Å². The van der Waals surface area contributed by atoms with Gasteiger partial charge in [-0.05, 0) is 24.1 Å². The highest BCUT2D eigenvalue weighted by molar-refractivity contribution is 5.87. The number of carbonyl (C=O) groups excluding carboxylic acids is 1. The third-order valence-corrected chi connectivity index (χ3v) is 3.63. The Hall–Kier alpha value is -2.63. The molecular formula is C17H20N2O4. The van der Waals surface area contributed by atoms with Crippen molar-refractivity contribution in [1.29, 1.82) is 0 Å². The Morgan fingerprint density at radius 2 is 1.87 bits per heavy atom. The zero-order valence-electron chi connectivity index (χ0n) is 13.3. The minimum Gasteiger partial charge on any atom is -0.478 e. The van der Waals surface area contributed by atoms with E-state index in [0.717, 1.165) is 35.4 Å². The van der Waals surface area contributed by atoms with Gasteiger partial charge in [-0.2, -0.15) is 0 Å². The van der Waals surface area contributed by atoms with Gasteiger partial charge in [-0.3, -0.25) is 4.79 Å². The Morgan fingerprint density at radius 3 is 2.43 bits per heavy atom. The van der Waals surface area contributed by atoms with E-state index in [-0.39, 0.29) is 17.9 Å². The fraction of sp³-hybridized carbons (Fsp3) is 0.353. The molecule has 23 heavy (non-hydrogen) atoms. The second-order valence-electron chi connectivity index (χ2n) is 5.19. The highest BCUT2D eigenvalue weighted by Crippen LogP contribution is 2.15. The van der Waals surface area contributed by atoms with Crippen molar-refractivity contribution in [2.24, 2.45) is 0 Å². The minimum atomic E-state index is -0.979. The molecule has 0 bridgehead atoms. The standard InChI is InChI=1S/C17H20N2O4/c1-3-14-13(15(4-2)23-19-14)10-18-16(20)9-11-5-7-12(8-6-11)17(21)22/h5-8H,3-4,9-10H2,1-2H3,(H,18,20)(H,21,22). The maximum atomic E-state index is 12.0. The van der Waals surface area contributed by atoms with E-state index in [2.05, 4.69) is 10.5 Å². The Bertz CT molecular complexity index is 668. The first-order chi connectivity index (χ1) is 11.0. The molecule has 0 spiro atoms. The normalized spacial score (nSPS) is 10.5. The lowest BCUT2D eigenvalue weighted by molar-refractivity contribution is -0.120. The molecular weight excluding hydrogens is 296 g/mol. The fourth-order valence-electron chi connectivity index (χ4n) is 2.34. The predicted molar refractivity (Wildman–Crippen MR) is 84.2 cm³/mol. The summed E-state index contributed by atoms with van der Waals surface area (Å²) in [5.41, 5.74) is 2.79. The monoisotopic (exact) mass is 316 g/mol. The Kier molecular flexibility index (Phi) is 5.51. The smallest absolute Gasteiger partial charge is 0.335 e. The van der Waals surface area contributed by atoms with Crippen LogP contribution in [0.1, 0.15) is 46.8 Å². The topological polar surface area (TPSA) is 92.4 Å². The molecule has 2 N–H and O–H groups in total. The lowest BCUT2D eigenvalue weighted by Crippen LogP contribution is -2.25. The summed E-state index contributed by atoms with van der Waals surface area (Å²) in [6.45, 7) is 4.36. The van der Waals surface area contributed by atoms with E-state index < -0.39 is 5.97 Å². The third kappa shape index (κ3) is 4.18. The van der Waals surface area contributed by atoms with Gasteiger partial charge < -0.3 is 14.9 Å². The number of amides is 1. The number of carboxylic acid groups (broad SMARTS) is 1. The van der Waals surface area contributed by atoms with Crippen LogP contribution in [0.5, 0.6) is 0 Å². The molecule has 0 saturated carbocycles. The van der Waals surface area contributed by atoms with Crippen LogP contribution in [-0.4, -0.2) is 22.1 Å². The van der Waals surface area contributed by atoms with Crippen LogP contribution in [-0.2, 0) is 30.6 Å². The molecule has 1 aromatic heterocycles. The Balaban J connectivity index is 1.95. The fourth-order valence-corrected chi connectivity index (χ4v) is 2.34. The lowest BCUT2D eigenvalue weighted by atomic mass is 10.1. The quantitative estimate of drug-likeness (QED) is 0.818. The number of aromatic nitrogens is 1. The number of carbonyl (C=O) groups is 2. The average molecular weight is 316 g/mol. The molecule has 1 aromatic carbocycles. The molecule has 6 nitrogen and oxygen atoms in total. The molecule has 122 valence electrons. The number of nitrogens with one attached hydrogen (secondary N) is 1. The highest BCUT2D eigenvalue weighted by Gasteiger charge is 2.14. The van der Waals surface area contributed by atoms with Crippen molar-refractivity contribution in [2.75, 3.05) is 0 Å². The minimum absolute atomic E-state index is 0.126. The van der Waals surface area contributed by atoms with Crippen molar-refractivity contribution in [1.82, 2.24) is 10.5 Å². The number of aromatic carboxylic acids is 1. The summed E-state index contributed by atoms with van der Waals surface area (Å²) in [6, 6.07) is 6.29. The first kappa shape index (κ1) is 16.7. The number of hydrogen-bond acceptors (Lipinski definition) is 4. The predicted octanol–water partition coefficient (Wildman–Crippen LogP) is 2.36. The van der Waals surface area contributed by atoms with Gasteiger partial charge in [0, 0.05) is 18.5 Å². The van der Waals surface area contributed by atoms with Gasteiger partial charge >= 0.3 is 5.97 Å². The molecule has 1 amide bonds. The second-order valence-corrected chi connectivity index (χ2v) is 5.19. The van der Waals surface area contributed by atoms with Gasteiger partial charge in [-0.1, -0.05) is 31.1 Å². The van der Waals surface area contributed by atoms with Crippen LogP contribution >= 0.6 is 0 Å². The molecule has 0 radical (unpaired) electrons. The number of hydrogen-bond donors (Lipinski definition) is 2. The van der Waals surface area contributed by atoms with Crippen LogP contribution in [0.15, 0.2) is 28.8 Å². The largest absolute Gasteiger partial charge is 0.478 e. The summed E-state index contributed by atoms with van der Waals surface area (Å²) in [7, 11) is 0. The third-order valence-electron chi connectivity index (χ3n) is 3.63. The van der Waals surface area contributed by atoms with Crippen LogP contribution in [0.4, 0.5) is 0 Å². The Labute approximate surface area is 134 Å². The Morgan fingerprint density at radius 1 is 1.17 bits per heavy atom. The van der Waals surface area contributed by atoms with Gasteiger partial charge in [0.25, 0.3) is 0 Å². The van der Waals surface area contributed by atoms with E-state index in [9.17, 15) is 9.59 Å². The van der Waals surface area contributed by atoms with Gasteiger partial charge in [0.1, 0.15) is 5.76 Å². The maximum absolute atomic E-state index is 12.0. The van der Waals surface area contributed by atoms with Gasteiger partial charge in [-0.25, -0.2) is 4.79 Å². The molecule has 0 aliphatic rings. The van der Waals surface area contributed by atoms with Gasteiger partial charge in [0.15, 0.2) is 0 Å². The zero-order valence-corrected chi connectivity index (χ0v) is 13.3. The van der Waals surface area contributed by atoms with Crippen molar-refractivity contribution in [2.45, 2.75) is 39.7 Å². The molecule has 6 heteroatoms. The molecule has 0 atom stereocenters. The number of nitrogens with zero attached hydrogens (tertiary/aromatic N) is 1. The van der Waals surface area contributed by atoms with Gasteiger partial charge in [0.2, 0.25) is 5.91 Å². The molecule has 2 aromatic rings. The van der Waals surface area contributed by atoms with E-state index in [1.54, 1.807) is 12.1 Å². The average Bonchev–Trinajstić information content (AvgIpc) is 2.95. The van der Waals surface area contributed by atoms with Crippen LogP contribution in [0.2, 0.25) is 0 Å². The summed E-state index contributed by atoms with van der Waals surface area (Å²) < 4.78 is 5.27. The molecule has 2 rings (SSSR count). The van der Waals surface area contributed by atoms with Crippen LogP contribution < -0.4 is 5.32 Å². The second kappa shape index (κ2) is 7.58. The summed E-state index contributed by atoms with van der Waals surface area (Å²) >= 11 is 0. The first-order valence-corrected chi connectivity index (χ1v) is 7.60. The van der Waals surface area contributed by atoms with E-state index in [1.807, 2.05) is 13.8 Å². The highest BCUT2D eigenvalue weighted by atomic mass is 16.5. The van der Waals surface area contributed by atoms with Gasteiger partial charge in [0.05, 0.1) is 17.7 Å². The van der Waals surface area contributed by atoms with E-state index in [0.29, 0.717) is 6.54 Å². The molecule has 0 aliphatic carbocycles. The number of aryl methyl sites for hydroxylation is 2. The van der Waals surface area contributed by atoms with Crippen molar-refractivity contribution < 1.29 is 19.2 Å². The van der Waals surface area contributed by atoms with Crippen LogP contribution in [0, 0.1) is 0 Å². The van der Waals surface area contributed by atoms with Crippen molar-refractivity contribution in [3.8, 4) is 0 Å². The molecule has 0 saturated heterocycles. The van der Waals surface area contributed by atoms with Crippen LogP contribution in [0.25, 0.3) is 0 Å². The van der Waals surface area contributed by atoms with Crippen molar-refractivity contribution >= 4 is 11.9 Å². The molecule has 0 unspecified atom stereocenters. The van der Waals surface area contributed by atoms with Crippen LogP contribution in [0.3, 0.4) is 0 Å². The van der Waals surface area contributed by atoms with E-state index in [4.69, 9.17) is 9.63 Å². The lowest BCUT2D eigenvalue weighted by Gasteiger charge is -2.06. The number of benzene rings is 1. The van der Waals surface area contributed by atoms with Crippen molar-refractivity contribution in [3.05, 3.63) is 52.4 Å². The summed E-state index contributed by atoms with van der Waals surface area (Å²) in [5, 5.41) is 15.7. The number of carboxylic acids is 1. The first-order valence-electron chi connectivity index (χ1n) is 7.60. The summed E-state index contributed by atoms with van der Waals surface area (Å²) in [4.78, 5) is 22.8. The maximum Gasteiger partial charge on any atom is 0.335 e. The zero-order chi connectivity index (χ0) is 16.8. The number of rotatable bonds is 7. The summed E-state index contributed by atoms with van der Waals surface area (Å²) in [5.74, 6) is -0.306. The van der Waals surface area contributed by atoms with Crippen molar-refractivity contribution in [3.63, 3.8) is 0 Å². The van der Waals surface area contributed by atoms with E-state index >= 15 is 0 Å². The summed E-state index contributed by atoms with van der Waals surface area (Å²) in [6.07, 6.45) is 1.69. The molecule has 0 aliphatic heterocycles. The molecule has 0 fully saturated rings. The SMILES string of the molecule is CCc1noc(CC)c1CNC(=O)Cc1ccc(C(=O)O)cc1. The van der Waals surface area contributed by atoms with Gasteiger partial charge in [-0.15, -0.1) is 0 Å².